The lowest BCUT2D eigenvalue weighted by atomic mass is 10.1. The molecule has 0 saturated carbocycles. The molecular formula is C12H15N5O2. The van der Waals surface area contributed by atoms with Crippen LogP contribution < -0.4 is 11.1 Å². The Morgan fingerprint density at radius 2 is 2.16 bits per heavy atom. The average Bonchev–Trinajstić information content (AvgIpc) is 2.78. The van der Waals surface area contributed by atoms with Gasteiger partial charge in [0.2, 0.25) is 11.9 Å². The third-order valence-electron chi connectivity index (χ3n) is 2.68. The van der Waals surface area contributed by atoms with Crippen molar-refractivity contribution in [3.05, 3.63) is 36.2 Å². The van der Waals surface area contributed by atoms with Crippen LogP contribution in [0.5, 0.6) is 5.75 Å². The second kappa shape index (κ2) is 5.49. The summed E-state index contributed by atoms with van der Waals surface area (Å²) in [5.74, 6) is 0.205. The van der Waals surface area contributed by atoms with Crippen LogP contribution in [0.3, 0.4) is 0 Å². The van der Waals surface area contributed by atoms with Crippen LogP contribution in [-0.4, -0.2) is 31.8 Å². The minimum absolute atomic E-state index is 0.181. The number of hydrogen-bond donors (Lipinski definition) is 3. The van der Waals surface area contributed by atoms with Gasteiger partial charge in [0.25, 0.3) is 0 Å². The highest BCUT2D eigenvalue weighted by Crippen LogP contribution is 2.11. The molecule has 0 aliphatic heterocycles. The van der Waals surface area contributed by atoms with Crippen LogP contribution in [0.15, 0.2) is 30.6 Å². The van der Waals surface area contributed by atoms with Crippen LogP contribution in [0.25, 0.3) is 0 Å². The molecule has 2 rings (SSSR count). The van der Waals surface area contributed by atoms with Crippen LogP contribution in [0.2, 0.25) is 0 Å². The first-order chi connectivity index (χ1) is 9.06. The number of hydrogen-bond acceptors (Lipinski definition) is 5. The van der Waals surface area contributed by atoms with Gasteiger partial charge in [0, 0.05) is 7.05 Å². The van der Waals surface area contributed by atoms with Crippen molar-refractivity contribution in [2.45, 2.75) is 12.5 Å². The molecular weight excluding hydrogens is 246 g/mol. The Labute approximate surface area is 110 Å². The monoisotopic (exact) mass is 261 g/mol. The lowest BCUT2D eigenvalue weighted by Gasteiger charge is -2.11. The van der Waals surface area contributed by atoms with Crippen LogP contribution in [0.1, 0.15) is 5.56 Å². The van der Waals surface area contributed by atoms with E-state index in [4.69, 9.17) is 5.73 Å². The van der Waals surface area contributed by atoms with E-state index in [0.717, 1.165) is 5.56 Å². The molecule has 7 heteroatoms. The Hall–Kier alpha value is -2.41. The number of rotatable bonds is 4. The first-order valence-corrected chi connectivity index (χ1v) is 5.74. The van der Waals surface area contributed by atoms with Crippen molar-refractivity contribution in [2.75, 3.05) is 5.32 Å². The molecule has 0 spiro atoms. The van der Waals surface area contributed by atoms with Gasteiger partial charge in [-0.1, -0.05) is 12.1 Å². The Morgan fingerprint density at radius 3 is 2.74 bits per heavy atom. The summed E-state index contributed by atoms with van der Waals surface area (Å²) in [5.41, 5.74) is 6.70. The molecule has 1 aromatic heterocycles. The summed E-state index contributed by atoms with van der Waals surface area (Å²) in [6.07, 6.45) is 1.73. The Kier molecular flexibility index (Phi) is 3.76. The van der Waals surface area contributed by atoms with Gasteiger partial charge in [-0.05, 0) is 24.1 Å². The van der Waals surface area contributed by atoms with E-state index in [-0.39, 0.29) is 11.7 Å². The second-order valence-corrected chi connectivity index (χ2v) is 4.17. The molecule has 0 aliphatic carbocycles. The number of amides is 1. The van der Waals surface area contributed by atoms with E-state index >= 15 is 0 Å². The standard InChI is InChI=1S/C12H15N5O2/c1-17-12(14-7-15-17)16-11(19)10(13)6-8-2-4-9(18)5-3-8/h2-5,7,10,18H,6,13H2,1H3,(H,14,15,16,19). The van der Waals surface area contributed by atoms with Crippen LogP contribution >= 0.6 is 0 Å². The number of nitrogens with one attached hydrogen (secondary N) is 1. The van der Waals surface area contributed by atoms with E-state index in [0.29, 0.717) is 12.4 Å². The van der Waals surface area contributed by atoms with Crippen LogP contribution in [0, 0.1) is 0 Å². The van der Waals surface area contributed by atoms with Crippen molar-refractivity contribution in [2.24, 2.45) is 12.8 Å². The number of aromatic hydroxyl groups is 1. The SMILES string of the molecule is Cn1ncnc1NC(=O)C(N)Cc1ccc(O)cc1. The molecule has 4 N–H and O–H groups in total. The fraction of sp³-hybridized carbons (Fsp3) is 0.250. The molecule has 19 heavy (non-hydrogen) atoms. The number of aryl methyl sites for hydroxylation is 1. The Balaban J connectivity index is 1.96. The predicted molar refractivity (Wildman–Crippen MR) is 69.4 cm³/mol. The number of nitrogens with two attached hydrogens (primary N) is 1. The number of anilines is 1. The molecule has 2 aromatic rings. The maximum atomic E-state index is 11.9. The number of nitrogens with zero attached hydrogens (tertiary/aromatic N) is 3. The zero-order chi connectivity index (χ0) is 13.8. The molecule has 1 heterocycles. The summed E-state index contributed by atoms with van der Waals surface area (Å²) in [5, 5.41) is 15.6. The summed E-state index contributed by atoms with van der Waals surface area (Å²) in [6.45, 7) is 0. The predicted octanol–water partition coefficient (Wildman–Crippen LogP) is 0.0292. The number of phenolic OH excluding ortho intramolecular Hbond substituents is 1. The van der Waals surface area contributed by atoms with Gasteiger partial charge in [-0.2, -0.15) is 10.1 Å². The summed E-state index contributed by atoms with van der Waals surface area (Å²) in [4.78, 5) is 15.8. The lowest BCUT2D eigenvalue weighted by molar-refractivity contribution is -0.117. The maximum absolute atomic E-state index is 11.9. The van der Waals surface area contributed by atoms with Gasteiger partial charge < -0.3 is 10.8 Å². The molecule has 0 radical (unpaired) electrons. The second-order valence-electron chi connectivity index (χ2n) is 4.17. The van der Waals surface area contributed by atoms with Gasteiger partial charge in [0.1, 0.15) is 12.1 Å². The summed E-state index contributed by atoms with van der Waals surface area (Å²) >= 11 is 0. The fourth-order valence-electron chi connectivity index (χ4n) is 1.59. The first-order valence-electron chi connectivity index (χ1n) is 5.74. The smallest absolute Gasteiger partial charge is 0.243 e. The zero-order valence-electron chi connectivity index (χ0n) is 10.4. The number of aromatic nitrogens is 3. The van der Waals surface area contributed by atoms with Gasteiger partial charge >= 0.3 is 0 Å². The van der Waals surface area contributed by atoms with Gasteiger partial charge in [-0.25, -0.2) is 4.68 Å². The van der Waals surface area contributed by atoms with E-state index in [1.807, 2.05) is 0 Å². The summed E-state index contributed by atoms with van der Waals surface area (Å²) in [7, 11) is 1.67. The minimum atomic E-state index is -0.693. The molecule has 0 aliphatic rings. The van der Waals surface area contributed by atoms with Crippen molar-refractivity contribution < 1.29 is 9.90 Å². The molecule has 0 fully saturated rings. The number of phenols is 1. The van der Waals surface area contributed by atoms with Crippen molar-refractivity contribution in [3.8, 4) is 5.75 Å². The van der Waals surface area contributed by atoms with E-state index in [1.54, 1.807) is 31.3 Å². The highest BCUT2D eigenvalue weighted by Gasteiger charge is 2.16. The van der Waals surface area contributed by atoms with Crippen molar-refractivity contribution in [1.29, 1.82) is 0 Å². The Bertz CT molecular complexity index is 564. The normalized spacial score (nSPS) is 12.1. The summed E-state index contributed by atoms with van der Waals surface area (Å²) < 4.78 is 1.45. The van der Waals surface area contributed by atoms with Gasteiger partial charge in [-0.15, -0.1) is 0 Å². The van der Waals surface area contributed by atoms with E-state index in [1.165, 1.54) is 11.0 Å². The van der Waals surface area contributed by atoms with E-state index < -0.39 is 6.04 Å². The van der Waals surface area contributed by atoms with Crippen molar-refractivity contribution in [3.63, 3.8) is 0 Å². The quantitative estimate of drug-likeness (QED) is 0.720. The third kappa shape index (κ3) is 3.29. The molecule has 1 amide bonds. The minimum Gasteiger partial charge on any atom is -0.508 e. The zero-order valence-corrected chi connectivity index (χ0v) is 10.4. The largest absolute Gasteiger partial charge is 0.508 e. The van der Waals surface area contributed by atoms with E-state index in [9.17, 15) is 9.90 Å². The first kappa shape index (κ1) is 13.0. The summed E-state index contributed by atoms with van der Waals surface area (Å²) in [6, 6.07) is 5.88. The van der Waals surface area contributed by atoms with E-state index in [2.05, 4.69) is 15.4 Å². The molecule has 0 bridgehead atoms. The third-order valence-corrected chi connectivity index (χ3v) is 2.68. The molecule has 0 saturated heterocycles. The topological polar surface area (TPSA) is 106 Å². The van der Waals surface area contributed by atoms with Crippen LogP contribution in [0.4, 0.5) is 5.95 Å². The average molecular weight is 261 g/mol. The highest BCUT2D eigenvalue weighted by atomic mass is 16.3. The van der Waals surface area contributed by atoms with Gasteiger partial charge in [0.15, 0.2) is 0 Å². The number of carbonyl (C=O) groups excluding carboxylic acids is 1. The number of benzene rings is 1. The molecule has 1 aromatic carbocycles. The van der Waals surface area contributed by atoms with Gasteiger partial charge in [0.05, 0.1) is 6.04 Å². The molecule has 7 nitrogen and oxygen atoms in total. The fourth-order valence-corrected chi connectivity index (χ4v) is 1.59. The number of carbonyl (C=O) groups is 1. The Morgan fingerprint density at radius 1 is 1.47 bits per heavy atom. The molecule has 1 atom stereocenters. The van der Waals surface area contributed by atoms with Crippen molar-refractivity contribution >= 4 is 11.9 Å². The van der Waals surface area contributed by atoms with Crippen LogP contribution in [-0.2, 0) is 18.3 Å². The maximum Gasteiger partial charge on any atom is 0.243 e. The molecule has 1 unspecified atom stereocenters. The van der Waals surface area contributed by atoms with Crippen molar-refractivity contribution in [1.82, 2.24) is 14.8 Å². The molecule has 100 valence electrons. The lowest BCUT2D eigenvalue weighted by Crippen LogP contribution is -2.38. The van der Waals surface area contributed by atoms with Gasteiger partial charge in [-0.3, -0.25) is 10.1 Å². The highest BCUT2D eigenvalue weighted by molar-refractivity contribution is 5.93.